The number of hydrogen-bond donors (Lipinski definition) is 2. The van der Waals surface area contributed by atoms with Crippen molar-refractivity contribution in [3.05, 3.63) is 35.1 Å². The summed E-state index contributed by atoms with van der Waals surface area (Å²) in [6, 6.07) is 0. The number of carbonyl (C=O) groups is 2. The highest BCUT2D eigenvalue weighted by Crippen LogP contribution is 2.22. The number of ketones is 1. The molecular formula is C12H14O4. The Morgan fingerprint density at radius 2 is 2.19 bits per heavy atom. The SMILES string of the molecule is CCCC=C(C(=O)O)C1=C(O)CC(=O)C=C1. The third-order valence-electron chi connectivity index (χ3n) is 2.25. The molecule has 0 aromatic heterocycles. The molecule has 86 valence electrons. The van der Waals surface area contributed by atoms with Gasteiger partial charge in [0.1, 0.15) is 5.76 Å². The second-order valence-electron chi connectivity index (χ2n) is 3.55. The van der Waals surface area contributed by atoms with Gasteiger partial charge in [-0.25, -0.2) is 4.79 Å². The van der Waals surface area contributed by atoms with Gasteiger partial charge in [-0.2, -0.15) is 0 Å². The smallest absolute Gasteiger partial charge is 0.336 e. The Balaban J connectivity index is 3.05. The third kappa shape index (κ3) is 2.82. The van der Waals surface area contributed by atoms with Crippen molar-refractivity contribution in [3.8, 4) is 0 Å². The fourth-order valence-corrected chi connectivity index (χ4v) is 1.44. The van der Waals surface area contributed by atoms with Crippen LogP contribution in [0.4, 0.5) is 0 Å². The van der Waals surface area contributed by atoms with Crippen LogP contribution in [0.25, 0.3) is 0 Å². The number of rotatable bonds is 4. The normalized spacial score (nSPS) is 16.8. The van der Waals surface area contributed by atoms with E-state index in [0.717, 1.165) is 6.42 Å². The number of aliphatic carboxylic acids is 1. The molecule has 0 aliphatic heterocycles. The first kappa shape index (κ1) is 12.2. The van der Waals surface area contributed by atoms with Crippen LogP contribution in [0.5, 0.6) is 0 Å². The largest absolute Gasteiger partial charge is 0.511 e. The van der Waals surface area contributed by atoms with Crippen molar-refractivity contribution >= 4 is 11.8 Å². The van der Waals surface area contributed by atoms with Gasteiger partial charge in [0.15, 0.2) is 5.78 Å². The first-order valence-corrected chi connectivity index (χ1v) is 5.13. The minimum atomic E-state index is -1.09. The number of hydrogen-bond acceptors (Lipinski definition) is 3. The van der Waals surface area contributed by atoms with Crippen molar-refractivity contribution in [1.82, 2.24) is 0 Å². The highest BCUT2D eigenvalue weighted by molar-refractivity contribution is 5.98. The van der Waals surface area contributed by atoms with Crippen LogP contribution in [0, 0.1) is 0 Å². The molecule has 0 aromatic carbocycles. The third-order valence-corrected chi connectivity index (χ3v) is 2.25. The lowest BCUT2D eigenvalue weighted by molar-refractivity contribution is -0.132. The number of carbonyl (C=O) groups excluding carboxylic acids is 1. The lowest BCUT2D eigenvalue weighted by atomic mass is 9.96. The summed E-state index contributed by atoms with van der Waals surface area (Å²) in [4.78, 5) is 22.0. The Morgan fingerprint density at radius 1 is 1.50 bits per heavy atom. The molecule has 1 rings (SSSR count). The molecule has 0 aromatic rings. The van der Waals surface area contributed by atoms with E-state index < -0.39 is 5.97 Å². The van der Waals surface area contributed by atoms with Crippen LogP contribution >= 0.6 is 0 Å². The van der Waals surface area contributed by atoms with Crippen LogP contribution < -0.4 is 0 Å². The maximum Gasteiger partial charge on any atom is 0.336 e. The zero-order valence-corrected chi connectivity index (χ0v) is 9.06. The summed E-state index contributed by atoms with van der Waals surface area (Å²) >= 11 is 0. The fraction of sp³-hybridized carbons (Fsp3) is 0.333. The highest BCUT2D eigenvalue weighted by Gasteiger charge is 2.19. The molecule has 0 radical (unpaired) electrons. The molecule has 4 nitrogen and oxygen atoms in total. The summed E-state index contributed by atoms with van der Waals surface area (Å²) < 4.78 is 0. The molecule has 0 atom stereocenters. The Bertz CT molecular complexity index is 399. The Labute approximate surface area is 93.6 Å². The van der Waals surface area contributed by atoms with E-state index in [0.29, 0.717) is 6.42 Å². The number of aliphatic hydroxyl groups excluding tert-OH is 1. The van der Waals surface area contributed by atoms with E-state index in [-0.39, 0.29) is 29.1 Å². The van der Waals surface area contributed by atoms with Gasteiger partial charge in [-0.15, -0.1) is 0 Å². The maximum atomic E-state index is 11.0. The standard InChI is InChI=1S/C12H14O4/c1-2-3-4-10(12(15)16)9-6-5-8(13)7-11(9)14/h4-6,14H,2-3,7H2,1H3,(H,15,16). The molecule has 0 fully saturated rings. The summed E-state index contributed by atoms with van der Waals surface area (Å²) in [6.07, 6.45) is 5.54. The molecule has 0 saturated heterocycles. The average Bonchev–Trinajstić information content (AvgIpc) is 2.20. The number of unbranched alkanes of at least 4 members (excludes halogenated alkanes) is 1. The molecule has 0 heterocycles. The number of aliphatic hydroxyl groups is 1. The topological polar surface area (TPSA) is 74.6 Å². The Morgan fingerprint density at radius 3 is 2.69 bits per heavy atom. The van der Waals surface area contributed by atoms with Gasteiger partial charge < -0.3 is 10.2 Å². The molecule has 1 aliphatic carbocycles. The predicted octanol–water partition coefficient (Wildman–Crippen LogP) is 2.14. The minimum absolute atomic E-state index is 0.0584. The summed E-state index contributed by atoms with van der Waals surface area (Å²) in [5, 5.41) is 18.6. The minimum Gasteiger partial charge on any atom is -0.511 e. The molecule has 0 bridgehead atoms. The molecule has 4 heteroatoms. The monoisotopic (exact) mass is 222 g/mol. The zero-order chi connectivity index (χ0) is 12.1. The molecule has 0 unspecified atom stereocenters. The van der Waals surface area contributed by atoms with Gasteiger partial charge in [-0.3, -0.25) is 4.79 Å². The summed E-state index contributed by atoms with van der Waals surface area (Å²) in [6.45, 7) is 1.93. The molecule has 16 heavy (non-hydrogen) atoms. The van der Waals surface area contributed by atoms with Crippen molar-refractivity contribution in [2.75, 3.05) is 0 Å². The van der Waals surface area contributed by atoms with Gasteiger partial charge in [-0.1, -0.05) is 19.4 Å². The van der Waals surface area contributed by atoms with E-state index in [1.54, 1.807) is 6.08 Å². The van der Waals surface area contributed by atoms with Crippen LogP contribution in [0.2, 0.25) is 0 Å². The van der Waals surface area contributed by atoms with Gasteiger partial charge in [-0.05, 0) is 18.6 Å². The van der Waals surface area contributed by atoms with Gasteiger partial charge in [0.25, 0.3) is 0 Å². The number of allylic oxidation sites excluding steroid dienone is 4. The van der Waals surface area contributed by atoms with E-state index in [4.69, 9.17) is 5.11 Å². The van der Waals surface area contributed by atoms with Gasteiger partial charge in [0.05, 0.1) is 12.0 Å². The summed E-state index contributed by atoms with van der Waals surface area (Å²) in [5.41, 5.74) is 0.295. The first-order chi connectivity index (χ1) is 7.56. The van der Waals surface area contributed by atoms with Crippen molar-refractivity contribution in [3.63, 3.8) is 0 Å². The first-order valence-electron chi connectivity index (χ1n) is 5.13. The van der Waals surface area contributed by atoms with Crippen LogP contribution in [0.15, 0.2) is 35.1 Å². The van der Waals surface area contributed by atoms with Gasteiger partial charge >= 0.3 is 5.97 Å². The Kier molecular flexibility index (Phi) is 4.05. The summed E-state index contributed by atoms with van der Waals surface area (Å²) in [7, 11) is 0. The van der Waals surface area contributed by atoms with Crippen molar-refractivity contribution < 1.29 is 19.8 Å². The zero-order valence-electron chi connectivity index (χ0n) is 9.06. The number of carboxylic acids is 1. The molecule has 0 saturated carbocycles. The molecule has 0 spiro atoms. The average molecular weight is 222 g/mol. The highest BCUT2D eigenvalue weighted by atomic mass is 16.4. The number of carboxylic acid groups (broad SMARTS) is 1. The van der Waals surface area contributed by atoms with E-state index in [2.05, 4.69) is 0 Å². The van der Waals surface area contributed by atoms with Crippen LogP contribution in [0.1, 0.15) is 26.2 Å². The predicted molar refractivity (Wildman–Crippen MR) is 59.0 cm³/mol. The maximum absolute atomic E-state index is 11.0. The van der Waals surface area contributed by atoms with E-state index in [1.165, 1.54) is 12.2 Å². The van der Waals surface area contributed by atoms with E-state index in [9.17, 15) is 14.7 Å². The van der Waals surface area contributed by atoms with Gasteiger partial charge in [0, 0.05) is 5.57 Å². The van der Waals surface area contributed by atoms with Crippen molar-refractivity contribution in [2.45, 2.75) is 26.2 Å². The Hall–Kier alpha value is -1.84. The second-order valence-corrected chi connectivity index (χ2v) is 3.55. The van der Waals surface area contributed by atoms with Gasteiger partial charge in [0.2, 0.25) is 0 Å². The van der Waals surface area contributed by atoms with Crippen LogP contribution in [-0.2, 0) is 9.59 Å². The van der Waals surface area contributed by atoms with Crippen LogP contribution in [-0.4, -0.2) is 22.0 Å². The second kappa shape index (κ2) is 5.30. The molecular weight excluding hydrogens is 208 g/mol. The molecule has 2 N–H and O–H groups in total. The van der Waals surface area contributed by atoms with Crippen molar-refractivity contribution in [1.29, 1.82) is 0 Å². The van der Waals surface area contributed by atoms with Crippen LogP contribution in [0.3, 0.4) is 0 Å². The molecule has 1 aliphatic rings. The van der Waals surface area contributed by atoms with E-state index in [1.807, 2.05) is 6.92 Å². The lowest BCUT2D eigenvalue weighted by Gasteiger charge is -2.11. The lowest BCUT2D eigenvalue weighted by Crippen LogP contribution is -2.10. The molecule has 0 amide bonds. The van der Waals surface area contributed by atoms with Crippen molar-refractivity contribution in [2.24, 2.45) is 0 Å². The van der Waals surface area contributed by atoms with E-state index >= 15 is 0 Å². The summed E-state index contributed by atoms with van der Waals surface area (Å²) in [5.74, 6) is -1.48. The quantitative estimate of drug-likeness (QED) is 0.714. The fourth-order valence-electron chi connectivity index (χ4n) is 1.44.